The number of hydrogen-bond donors (Lipinski definition) is 1. The van der Waals surface area contributed by atoms with Crippen molar-refractivity contribution in [3.63, 3.8) is 0 Å². The fraction of sp³-hybridized carbons (Fsp3) is 0.727. The highest BCUT2D eigenvalue weighted by molar-refractivity contribution is 5.52. The maximum atomic E-state index is 3.57. The van der Waals surface area contributed by atoms with Gasteiger partial charge in [0.15, 0.2) is 0 Å². The molecule has 0 aliphatic heterocycles. The quantitative estimate of drug-likeness (QED) is 0.546. The van der Waals surface area contributed by atoms with E-state index < -0.39 is 0 Å². The monoisotopic (exact) mass is 332 g/mol. The molecule has 2 heteroatoms. The lowest BCUT2D eigenvalue weighted by atomic mass is 9.94. The number of anilines is 1. The van der Waals surface area contributed by atoms with Crippen LogP contribution in [0.3, 0.4) is 0 Å². The summed E-state index contributed by atoms with van der Waals surface area (Å²) in [6, 6.07) is 9.08. The van der Waals surface area contributed by atoms with Crippen LogP contribution in [0.4, 0.5) is 5.69 Å². The minimum absolute atomic E-state index is 0.108. The van der Waals surface area contributed by atoms with Crippen molar-refractivity contribution in [1.29, 1.82) is 0 Å². The molecule has 1 N–H and O–H groups in total. The van der Waals surface area contributed by atoms with E-state index in [1.807, 2.05) is 0 Å². The van der Waals surface area contributed by atoms with Gasteiger partial charge in [0.1, 0.15) is 0 Å². The molecule has 24 heavy (non-hydrogen) atoms. The first-order chi connectivity index (χ1) is 11.2. The van der Waals surface area contributed by atoms with Gasteiger partial charge in [0.2, 0.25) is 0 Å². The third-order valence-corrected chi connectivity index (χ3v) is 4.32. The molecule has 1 aromatic carbocycles. The van der Waals surface area contributed by atoms with Gasteiger partial charge in [-0.25, -0.2) is 0 Å². The van der Waals surface area contributed by atoms with Crippen LogP contribution in [0.1, 0.15) is 86.1 Å². The Labute approximate surface area is 151 Å². The van der Waals surface area contributed by atoms with Crippen molar-refractivity contribution in [2.75, 3.05) is 11.4 Å². The van der Waals surface area contributed by atoms with Gasteiger partial charge in [0.05, 0.1) is 0 Å². The number of hydrogen-bond acceptors (Lipinski definition) is 2. The maximum Gasteiger partial charge on any atom is 0.0375 e. The van der Waals surface area contributed by atoms with Gasteiger partial charge in [-0.1, -0.05) is 44.7 Å². The Morgan fingerprint density at radius 3 is 1.83 bits per heavy atom. The first kappa shape index (κ1) is 21.0. The first-order valence-electron chi connectivity index (χ1n) is 9.76. The van der Waals surface area contributed by atoms with Crippen LogP contribution in [0.25, 0.3) is 0 Å². The molecule has 0 fully saturated rings. The summed E-state index contributed by atoms with van der Waals surface area (Å²) in [5, 5.41) is 3.57. The van der Waals surface area contributed by atoms with Crippen LogP contribution in [0.5, 0.6) is 0 Å². The zero-order valence-corrected chi connectivity index (χ0v) is 17.2. The molecular formula is C22H40N2. The minimum atomic E-state index is 0.108. The van der Waals surface area contributed by atoms with Crippen LogP contribution in [0, 0.1) is 0 Å². The van der Waals surface area contributed by atoms with E-state index in [2.05, 4.69) is 82.9 Å². The molecule has 0 bridgehead atoms. The zero-order valence-electron chi connectivity index (χ0n) is 17.2. The third kappa shape index (κ3) is 7.25. The number of nitrogens with one attached hydrogen (secondary N) is 1. The van der Waals surface area contributed by atoms with E-state index in [-0.39, 0.29) is 11.1 Å². The summed E-state index contributed by atoms with van der Waals surface area (Å²) in [7, 11) is 0. The summed E-state index contributed by atoms with van der Waals surface area (Å²) in [6.45, 7) is 18.1. The molecule has 0 amide bonds. The van der Waals surface area contributed by atoms with Crippen molar-refractivity contribution in [1.82, 2.24) is 5.32 Å². The zero-order chi connectivity index (χ0) is 18.2. The van der Waals surface area contributed by atoms with E-state index in [1.54, 1.807) is 0 Å². The van der Waals surface area contributed by atoms with E-state index in [0.717, 1.165) is 13.1 Å². The molecule has 1 rings (SSSR count). The standard InChI is InChI=1S/C22H40N2/c1-8-9-10-11-12-17-23-18-19-13-15-20(16-14-19)24(21(2,3)4)22(5,6)7/h13-16,23H,8-12,17-18H2,1-7H3. The number of unbranched alkanes of at least 4 members (excludes halogenated alkanes) is 4. The molecule has 0 saturated carbocycles. The predicted molar refractivity (Wildman–Crippen MR) is 109 cm³/mol. The maximum absolute atomic E-state index is 3.57. The van der Waals surface area contributed by atoms with Crippen LogP contribution >= 0.6 is 0 Å². The van der Waals surface area contributed by atoms with E-state index in [0.29, 0.717) is 0 Å². The second kappa shape index (κ2) is 9.46. The van der Waals surface area contributed by atoms with Crippen LogP contribution < -0.4 is 10.2 Å². The number of benzene rings is 1. The average Bonchev–Trinajstić information content (AvgIpc) is 2.45. The summed E-state index contributed by atoms with van der Waals surface area (Å²) in [6.07, 6.45) is 6.72. The van der Waals surface area contributed by atoms with E-state index in [4.69, 9.17) is 0 Å². The van der Waals surface area contributed by atoms with Crippen molar-refractivity contribution >= 4 is 5.69 Å². The van der Waals surface area contributed by atoms with Crippen LogP contribution in [-0.4, -0.2) is 17.6 Å². The van der Waals surface area contributed by atoms with E-state index in [1.165, 1.54) is 43.4 Å². The van der Waals surface area contributed by atoms with Gasteiger partial charge in [0.25, 0.3) is 0 Å². The average molecular weight is 333 g/mol. The number of rotatable bonds is 9. The predicted octanol–water partition coefficient (Wildman–Crippen LogP) is 6.15. The Hall–Kier alpha value is -1.02. The molecule has 2 nitrogen and oxygen atoms in total. The molecule has 0 heterocycles. The van der Waals surface area contributed by atoms with Crippen molar-refractivity contribution in [3.8, 4) is 0 Å². The molecule has 1 aromatic rings. The molecular weight excluding hydrogens is 292 g/mol. The van der Waals surface area contributed by atoms with E-state index >= 15 is 0 Å². The summed E-state index contributed by atoms with van der Waals surface area (Å²) in [4.78, 5) is 2.50. The molecule has 0 spiro atoms. The summed E-state index contributed by atoms with van der Waals surface area (Å²) in [5.41, 5.74) is 2.89. The highest BCUT2D eigenvalue weighted by Crippen LogP contribution is 2.31. The minimum Gasteiger partial charge on any atom is -0.362 e. The van der Waals surface area contributed by atoms with Gasteiger partial charge in [-0.05, 0) is 72.2 Å². The van der Waals surface area contributed by atoms with Gasteiger partial charge in [-0.3, -0.25) is 0 Å². The van der Waals surface area contributed by atoms with Gasteiger partial charge < -0.3 is 10.2 Å². The van der Waals surface area contributed by atoms with E-state index in [9.17, 15) is 0 Å². The molecule has 0 saturated heterocycles. The normalized spacial score (nSPS) is 12.5. The SMILES string of the molecule is CCCCCCCNCc1ccc(N(C(C)(C)C)C(C)(C)C)cc1. The summed E-state index contributed by atoms with van der Waals surface area (Å²) >= 11 is 0. The third-order valence-electron chi connectivity index (χ3n) is 4.32. The Morgan fingerprint density at radius 1 is 0.792 bits per heavy atom. The Bertz CT molecular complexity index is 434. The Kier molecular flexibility index (Phi) is 8.29. The Balaban J connectivity index is 2.53. The summed E-state index contributed by atoms with van der Waals surface area (Å²) in [5.74, 6) is 0. The molecule has 0 radical (unpaired) electrons. The molecule has 0 aliphatic rings. The van der Waals surface area contributed by atoms with Crippen LogP contribution in [-0.2, 0) is 6.54 Å². The smallest absolute Gasteiger partial charge is 0.0375 e. The molecule has 138 valence electrons. The second-order valence-electron chi connectivity index (χ2n) is 8.93. The van der Waals surface area contributed by atoms with Gasteiger partial charge >= 0.3 is 0 Å². The van der Waals surface area contributed by atoms with Crippen LogP contribution in [0.2, 0.25) is 0 Å². The van der Waals surface area contributed by atoms with Gasteiger partial charge in [-0.15, -0.1) is 0 Å². The van der Waals surface area contributed by atoms with Crippen LogP contribution in [0.15, 0.2) is 24.3 Å². The van der Waals surface area contributed by atoms with Gasteiger partial charge in [-0.2, -0.15) is 0 Å². The van der Waals surface area contributed by atoms with Crippen molar-refractivity contribution in [3.05, 3.63) is 29.8 Å². The highest BCUT2D eigenvalue weighted by atomic mass is 15.2. The lowest BCUT2D eigenvalue weighted by Crippen LogP contribution is -2.53. The number of nitrogens with zero attached hydrogens (tertiary/aromatic N) is 1. The molecule has 0 atom stereocenters. The van der Waals surface area contributed by atoms with Gasteiger partial charge in [0, 0.05) is 23.3 Å². The fourth-order valence-corrected chi connectivity index (χ4v) is 3.63. The summed E-state index contributed by atoms with van der Waals surface area (Å²) < 4.78 is 0. The highest BCUT2D eigenvalue weighted by Gasteiger charge is 2.31. The van der Waals surface area contributed by atoms with Crippen molar-refractivity contribution in [2.24, 2.45) is 0 Å². The first-order valence-corrected chi connectivity index (χ1v) is 9.76. The lowest BCUT2D eigenvalue weighted by molar-refractivity contribution is 0.381. The largest absolute Gasteiger partial charge is 0.362 e. The lowest BCUT2D eigenvalue weighted by Gasteiger charge is -2.47. The van der Waals surface area contributed by atoms with Crippen molar-refractivity contribution < 1.29 is 0 Å². The topological polar surface area (TPSA) is 15.3 Å². The van der Waals surface area contributed by atoms with Crippen molar-refractivity contribution in [2.45, 2.75) is 98.2 Å². The molecule has 0 aromatic heterocycles. The fourth-order valence-electron chi connectivity index (χ4n) is 3.63. The molecule has 0 unspecified atom stereocenters. The Morgan fingerprint density at radius 2 is 1.33 bits per heavy atom. The molecule has 0 aliphatic carbocycles. The second-order valence-corrected chi connectivity index (χ2v) is 8.93.